The number of hydrogen-bond donors (Lipinski definition) is 1. The molecule has 0 spiro atoms. The fourth-order valence-corrected chi connectivity index (χ4v) is 2.26. The van der Waals surface area contributed by atoms with Gasteiger partial charge in [-0.25, -0.2) is 0 Å². The van der Waals surface area contributed by atoms with Crippen molar-refractivity contribution in [3.8, 4) is 22.6 Å². The molecule has 0 aliphatic carbocycles. The maximum Gasteiger partial charge on any atom is 0.119 e. The van der Waals surface area contributed by atoms with Crippen LogP contribution in [0.4, 0.5) is 0 Å². The fraction of sp³-hybridized carbons (Fsp3) is 0.333. The molecule has 2 aromatic carbocycles. The summed E-state index contributed by atoms with van der Waals surface area (Å²) in [5, 5.41) is 9.51. The van der Waals surface area contributed by atoms with Crippen LogP contribution in [0.2, 0.25) is 0 Å². The van der Waals surface area contributed by atoms with Gasteiger partial charge in [-0.3, -0.25) is 0 Å². The van der Waals surface area contributed by atoms with E-state index in [9.17, 15) is 5.11 Å². The molecule has 0 aliphatic heterocycles. The van der Waals surface area contributed by atoms with Crippen LogP contribution in [-0.2, 0) is 0 Å². The van der Waals surface area contributed by atoms with Gasteiger partial charge in [0, 0.05) is 6.54 Å². The summed E-state index contributed by atoms with van der Waals surface area (Å²) in [6, 6.07) is 15.2. The minimum atomic E-state index is 0.284. The first-order valence-corrected chi connectivity index (χ1v) is 7.47. The Bertz CT molecular complexity index is 547. The van der Waals surface area contributed by atoms with Crippen molar-refractivity contribution in [2.24, 2.45) is 0 Å². The maximum absolute atomic E-state index is 9.51. The van der Waals surface area contributed by atoms with E-state index in [2.05, 4.69) is 18.7 Å². The number of nitrogens with zero attached hydrogens (tertiary/aromatic N) is 1. The van der Waals surface area contributed by atoms with E-state index < -0.39 is 0 Å². The van der Waals surface area contributed by atoms with Crippen molar-refractivity contribution in [2.75, 3.05) is 26.2 Å². The van der Waals surface area contributed by atoms with Crippen LogP contribution in [0.5, 0.6) is 11.5 Å². The number of phenols is 1. The molecule has 0 atom stereocenters. The Morgan fingerprint density at radius 1 is 0.952 bits per heavy atom. The first kappa shape index (κ1) is 15.4. The molecule has 0 aliphatic rings. The lowest BCUT2D eigenvalue weighted by Crippen LogP contribution is -2.27. The smallest absolute Gasteiger partial charge is 0.119 e. The SMILES string of the molecule is CCN(CC)CCOc1ccc(-c2cccc(O)c2)cc1. The molecule has 0 aromatic heterocycles. The molecule has 2 aromatic rings. The minimum Gasteiger partial charge on any atom is -0.508 e. The molecule has 0 amide bonds. The lowest BCUT2D eigenvalue weighted by atomic mass is 10.1. The van der Waals surface area contributed by atoms with E-state index in [4.69, 9.17) is 4.74 Å². The second kappa shape index (κ2) is 7.70. The summed E-state index contributed by atoms with van der Waals surface area (Å²) in [6.07, 6.45) is 0. The molecule has 2 rings (SSSR count). The van der Waals surface area contributed by atoms with Gasteiger partial charge in [-0.05, 0) is 48.5 Å². The highest BCUT2D eigenvalue weighted by molar-refractivity contribution is 5.65. The summed E-state index contributed by atoms with van der Waals surface area (Å²) >= 11 is 0. The summed E-state index contributed by atoms with van der Waals surface area (Å²) in [5.41, 5.74) is 2.08. The van der Waals surface area contributed by atoms with Crippen molar-refractivity contribution >= 4 is 0 Å². The Hall–Kier alpha value is -2.00. The highest BCUT2D eigenvalue weighted by atomic mass is 16.5. The van der Waals surface area contributed by atoms with E-state index in [1.54, 1.807) is 12.1 Å². The lowest BCUT2D eigenvalue weighted by Gasteiger charge is -2.18. The van der Waals surface area contributed by atoms with Crippen LogP contribution in [0.25, 0.3) is 11.1 Å². The number of hydrogen-bond acceptors (Lipinski definition) is 3. The highest BCUT2D eigenvalue weighted by Crippen LogP contribution is 2.25. The minimum absolute atomic E-state index is 0.284. The highest BCUT2D eigenvalue weighted by Gasteiger charge is 2.01. The maximum atomic E-state index is 9.51. The van der Waals surface area contributed by atoms with Gasteiger partial charge < -0.3 is 14.7 Å². The first-order valence-electron chi connectivity index (χ1n) is 7.47. The molecule has 0 bridgehead atoms. The zero-order valence-electron chi connectivity index (χ0n) is 12.7. The third-order valence-corrected chi connectivity index (χ3v) is 3.60. The van der Waals surface area contributed by atoms with E-state index in [1.165, 1.54) is 0 Å². The fourth-order valence-electron chi connectivity index (χ4n) is 2.26. The summed E-state index contributed by atoms with van der Waals surface area (Å²) in [4.78, 5) is 2.33. The van der Waals surface area contributed by atoms with Crippen molar-refractivity contribution in [3.05, 3.63) is 48.5 Å². The third-order valence-electron chi connectivity index (χ3n) is 3.60. The Morgan fingerprint density at radius 3 is 2.29 bits per heavy atom. The molecule has 0 saturated heterocycles. The van der Waals surface area contributed by atoms with Crippen LogP contribution >= 0.6 is 0 Å². The van der Waals surface area contributed by atoms with Gasteiger partial charge in [-0.1, -0.05) is 38.1 Å². The number of likely N-dealkylation sites (N-methyl/N-ethyl adjacent to an activating group) is 1. The summed E-state index contributed by atoms with van der Waals surface area (Å²) in [7, 11) is 0. The van der Waals surface area contributed by atoms with Gasteiger partial charge in [-0.2, -0.15) is 0 Å². The van der Waals surface area contributed by atoms with E-state index in [0.717, 1.165) is 36.5 Å². The lowest BCUT2D eigenvalue weighted by molar-refractivity contribution is 0.223. The Morgan fingerprint density at radius 2 is 1.67 bits per heavy atom. The number of aromatic hydroxyl groups is 1. The van der Waals surface area contributed by atoms with E-state index in [1.807, 2.05) is 36.4 Å². The van der Waals surface area contributed by atoms with Gasteiger partial charge in [0.05, 0.1) is 0 Å². The van der Waals surface area contributed by atoms with Crippen LogP contribution in [0.15, 0.2) is 48.5 Å². The zero-order chi connectivity index (χ0) is 15.1. The molecular weight excluding hydrogens is 262 g/mol. The number of rotatable bonds is 7. The number of phenolic OH excluding ortho intramolecular Hbond substituents is 1. The van der Waals surface area contributed by atoms with E-state index >= 15 is 0 Å². The first-order chi connectivity index (χ1) is 10.2. The average Bonchev–Trinajstić information content (AvgIpc) is 2.52. The van der Waals surface area contributed by atoms with Gasteiger partial charge in [0.2, 0.25) is 0 Å². The van der Waals surface area contributed by atoms with E-state index in [-0.39, 0.29) is 5.75 Å². The van der Waals surface area contributed by atoms with Crippen LogP contribution in [0, 0.1) is 0 Å². The predicted molar refractivity (Wildman–Crippen MR) is 86.8 cm³/mol. The third kappa shape index (κ3) is 4.50. The molecule has 3 nitrogen and oxygen atoms in total. The van der Waals surface area contributed by atoms with Crippen LogP contribution in [0.1, 0.15) is 13.8 Å². The van der Waals surface area contributed by atoms with E-state index in [0.29, 0.717) is 6.61 Å². The van der Waals surface area contributed by atoms with Crippen molar-refractivity contribution < 1.29 is 9.84 Å². The van der Waals surface area contributed by atoms with Crippen molar-refractivity contribution in [3.63, 3.8) is 0 Å². The molecule has 0 radical (unpaired) electrons. The second-order valence-corrected chi connectivity index (χ2v) is 4.95. The number of ether oxygens (including phenoxy) is 1. The monoisotopic (exact) mass is 285 g/mol. The van der Waals surface area contributed by atoms with Gasteiger partial charge in [0.15, 0.2) is 0 Å². The summed E-state index contributed by atoms with van der Waals surface area (Å²) < 4.78 is 5.76. The molecule has 0 heterocycles. The van der Waals surface area contributed by atoms with Crippen LogP contribution in [-0.4, -0.2) is 36.2 Å². The normalized spacial score (nSPS) is 10.8. The topological polar surface area (TPSA) is 32.7 Å². The Labute approximate surface area is 126 Å². The average molecular weight is 285 g/mol. The summed E-state index contributed by atoms with van der Waals surface area (Å²) in [5.74, 6) is 1.16. The Balaban J connectivity index is 1.93. The van der Waals surface area contributed by atoms with Crippen molar-refractivity contribution in [1.82, 2.24) is 4.90 Å². The predicted octanol–water partition coefficient (Wildman–Crippen LogP) is 3.78. The van der Waals surface area contributed by atoms with Crippen molar-refractivity contribution in [1.29, 1.82) is 0 Å². The largest absolute Gasteiger partial charge is 0.508 e. The molecule has 1 N–H and O–H groups in total. The van der Waals surface area contributed by atoms with Gasteiger partial charge in [0.25, 0.3) is 0 Å². The zero-order valence-corrected chi connectivity index (χ0v) is 12.7. The molecule has 0 unspecified atom stereocenters. The van der Waals surface area contributed by atoms with Crippen LogP contribution < -0.4 is 4.74 Å². The second-order valence-electron chi connectivity index (χ2n) is 4.95. The summed E-state index contributed by atoms with van der Waals surface area (Å²) in [6.45, 7) is 8.07. The molecular formula is C18H23NO2. The molecule has 0 fully saturated rings. The van der Waals surface area contributed by atoms with Crippen LogP contribution in [0.3, 0.4) is 0 Å². The molecule has 21 heavy (non-hydrogen) atoms. The number of benzene rings is 2. The molecule has 3 heteroatoms. The van der Waals surface area contributed by atoms with Gasteiger partial charge >= 0.3 is 0 Å². The van der Waals surface area contributed by atoms with Crippen molar-refractivity contribution in [2.45, 2.75) is 13.8 Å². The quantitative estimate of drug-likeness (QED) is 0.840. The Kier molecular flexibility index (Phi) is 5.64. The van der Waals surface area contributed by atoms with Gasteiger partial charge in [0.1, 0.15) is 18.1 Å². The molecule has 112 valence electrons. The van der Waals surface area contributed by atoms with Gasteiger partial charge in [-0.15, -0.1) is 0 Å². The standard InChI is InChI=1S/C18H23NO2/c1-3-19(4-2)12-13-21-18-10-8-15(9-11-18)16-6-5-7-17(20)14-16/h5-11,14,20H,3-4,12-13H2,1-2H3. The molecule has 0 saturated carbocycles.